The summed E-state index contributed by atoms with van der Waals surface area (Å²) in [5.74, 6) is -0.333. The number of rotatable bonds is 1. The highest BCUT2D eigenvalue weighted by Crippen LogP contribution is 2.17. The molecule has 0 unspecified atom stereocenters. The highest BCUT2D eigenvalue weighted by atomic mass is 16.3. The van der Waals surface area contributed by atoms with Crippen LogP contribution in [0.1, 0.15) is 19.8 Å². The van der Waals surface area contributed by atoms with Gasteiger partial charge in [0.05, 0.1) is 11.6 Å². The van der Waals surface area contributed by atoms with E-state index in [1.54, 1.807) is 6.92 Å². The van der Waals surface area contributed by atoms with E-state index in [1.165, 1.54) is 0 Å². The standard InChI is InChI=1S/C7H14N2O2/c1-7(11)3-2-5(6(8)10)9-4-7/h5,9,11H,2-4H2,1H3,(H2,8,10)/t5-,7-/m1/s1. The SMILES string of the molecule is C[C@@]1(O)CC[C@H](C(N)=O)NC1. The highest BCUT2D eigenvalue weighted by Gasteiger charge is 2.30. The van der Waals surface area contributed by atoms with Crippen molar-refractivity contribution < 1.29 is 9.90 Å². The number of primary amides is 1. The Morgan fingerprint density at radius 1 is 1.82 bits per heavy atom. The van der Waals surface area contributed by atoms with Gasteiger partial charge in [-0.15, -0.1) is 0 Å². The summed E-state index contributed by atoms with van der Waals surface area (Å²) in [4.78, 5) is 10.6. The van der Waals surface area contributed by atoms with Crippen LogP contribution in [-0.2, 0) is 4.79 Å². The smallest absolute Gasteiger partial charge is 0.234 e. The first-order chi connectivity index (χ1) is 5.01. The first-order valence-electron chi connectivity index (χ1n) is 3.76. The van der Waals surface area contributed by atoms with Crippen molar-refractivity contribution in [3.8, 4) is 0 Å². The predicted octanol–water partition coefficient (Wildman–Crippen LogP) is -1.03. The van der Waals surface area contributed by atoms with Crippen LogP contribution in [0.15, 0.2) is 0 Å². The van der Waals surface area contributed by atoms with Crippen molar-refractivity contribution in [1.82, 2.24) is 5.32 Å². The first kappa shape index (κ1) is 8.49. The molecule has 0 aromatic heterocycles. The summed E-state index contributed by atoms with van der Waals surface area (Å²) in [5.41, 5.74) is 4.40. The second-order valence-corrected chi connectivity index (χ2v) is 3.37. The van der Waals surface area contributed by atoms with Crippen LogP contribution in [-0.4, -0.2) is 29.2 Å². The number of aliphatic hydroxyl groups is 1. The minimum Gasteiger partial charge on any atom is -0.389 e. The van der Waals surface area contributed by atoms with E-state index in [1.807, 2.05) is 0 Å². The lowest BCUT2D eigenvalue weighted by Crippen LogP contribution is -2.53. The van der Waals surface area contributed by atoms with E-state index in [2.05, 4.69) is 5.32 Å². The van der Waals surface area contributed by atoms with Gasteiger partial charge >= 0.3 is 0 Å². The van der Waals surface area contributed by atoms with Gasteiger partial charge in [0.2, 0.25) is 5.91 Å². The van der Waals surface area contributed by atoms with Gasteiger partial charge in [0.25, 0.3) is 0 Å². The molecular formula is C7H14N2O2. The van der Waals surface area contributed by atoms with Crippen molar-refractivity contribution in [1.29, 1.82) is 0 Å². The Hall–Kier alpha value is -0.610. The maximum atomic E-state index is 10.6. The maximum absolute atomic E-state index is 10.6. The molecule has 64 valence electrons. The molecule has 1 amide bonds. The Morgan fingerprint density at radius 2 is 2.45 bits per heavy atom. The predicted molar refractivity (Wildman–Crippen MR) is 40.8 cm³/mol. The van der Waals surface area contributed by atoms with Crippen molar-refractivity contribution in [3.05, 3.63) is 0 Å². The molecular weight excluding hydrogens is 144 g/mol. The van der Waals surface area contributed by atoms with Gasteiger partial charge in [-0.1, -0.05) is 0 Å². The van der Waals surface area contributed by atoms with Gasteiger partial charge < -0.3 is 16.2 Å². The monoisotopic (exact) mass is 158 g/mol. The Balaban J connectivity index is 2.42. The van der Waals surface area contributed by atoms with Crippen LogP contribution in [0.2, 0.25) is 0 Å². The van der Waals surface area contributed by atoms with Gasteiger partial charge in [-0.2, -0.15) is 0 Å². The molecule has 0 aliphatic carbocycles. The number of piperidine rings is 1. The zero-order chi connectivity index (χ0) is 8.48. The minimum atomic E-state index is -0.675. The average Bonchev–Trinajstić information content (AvgIpc) is 1.86. The molecule has 1 rings (SSSR count). The second kappa shape index (κ2) is 2.79. The lowest BCUT2D eigenvalue weighted by atomic mass is 9.92. The van der Waals surface area contributed by atoms with Gasteiger partial charge in [-0.3, -0.25) is 4.79 Å². The van der Waals surface area contributed by atoms with Gasteiger partial charge in [0.1, 0.15) is 0 Å². The number of nitrogens with one attached hydrogen (secondary N) is 1. The largest absolute Gasteiger partial charge is 0.389 e. The Labute approximate surface area is 65.8 Å². The summed E-state index contributed by atoms with van der Waals surface area (Å²) >= 11 is 0. The average molecular weight is 158 g/mol. The number of carbonyl (C=O) groups is 1. The zero-order valence-corrected chi connectivity index (χ0v) is 6.63. The fourth-order valence-electron chi connectivity index (χ4n) is 1.23. The van der Waals surface area contributed by atoms with Crippen molar-refractivity contribution in [3.63, 3.8) is 0 Å². The maximum Gasteiger partial charge on any atom is 0.234 e. The van der Waals surface area contributed by atoms with Crippen LogP contribution in [0.5, 0.6) is 0 Å². The van der Waals surface area contributed by atoms with E-state index in [4.69, 9.17) is 5.73 Å². The Bertz CT molecular complexity index is 158. The van der Waals surface area contributed by atoms with Crippen LogP contribution in [0.25, 0.3) is 0 Å². The van der Waals surface area contributed by atoms with Gasteiger partial charge in [0.15, 0.2) is 0 Å². The van der Waals surface area contributed by atoms with Crippen molar-refractivity contribution in [2.24, 2.45) is 5.73 Å². The van der Waals surface area contributed by atoms with Crippen molar-refractivity contribution in [2.45, 2.75) is 31.4 Å². The fourth-order valence-corrected chi connectivity index (χ4v) is 1.23. The second-order valence-electron chi connectivity index (χ2n) is 3.37. The number of amides is 1. The molecule has 0 bridgehead atoms. The molecule has 1 aliphatic heterocycles. The van der Waals surface area contributed by atoms with Crippen molar-refractivity contribution in [2.75, 3.05) is 6.54 Å². The third kappa shape index (κ3) is 2.17. The number of hydrogen-bond acceptors (Lipinski definition) is 3. The third-order valence-corrected chi connectivity index (χ3v) is 2.04. The van der Waals surface area contributed by atoms with E-state index < -0.39 is 5.60 Å². The molecule has 0 aromatic carbocycles. The molecule has 1 heterocycles. The Morgan fingerprint density at radius 3 is 2.82 bits per heavy atom. The molecule has 2 atom stereocenters. The van der Waals surface area contributed by atoms with E-state index >= 15 is 0 Å². The number of hydrogen-bond donors (Lipinski definition) is 3. The summed E-state index contributed by atoms with van der Waals surface area (Å²) in [6.07, 6.45) is 1.26. The van der Waals surface area contributed by atoms with E-state index in [-0.39, 0.29) is 11.9 Å². The molecule has 0 spiro atoms. The van der Waals surface area contributed by atoms with Crippen LogP contribution in [0.3, 0.4) is 0 Å². The number of nitrogens with two attached hydrogens (primary N) is 1. The summed E-state index contributed by atoms with van der Waals surface area (Å²) in [6, 6.07) is -0.254. The molecule has 1 aliphatic rings. The highest BCUT2D eigenvalue weighted by molar-refractivity contribution is 5.79. The Kier molecular flexibility index (Phi) is 2.15. The summed E-state index contributed by atoms with van der Waals surface area (Å²) in [7, 11) is 0. The van der Waals surface area contributed by atoms with Gasteiger partial charge in [-0.25, -0.2) is 0 Å². The molecule has 0 radical (unpaired) electrons. The topological polar surface area (TPSA) is 75.3 Å². The quantitative estimate of drug-likeness (QED) is 0.457. The molecule has 0 aromatic rings. The molecule has 1 saturated heterocycles. The fraction of sp³-hybridized carbons (Fsp3) is 0.857. The summed E-state index contributed by atoms with van der Waals surface area (Å²) in [6.45, 7) is 2.19. The van der Waals surface area contributed by atoms with Crippen LogP contribution >= 0.6 is 0 Å². The van der Waals surface area contributed by atoms with Crippen LogP contribution in [0.4, 0.5) is 0 Å². The molecule has 4 N–H and O–H groups in total. The molecule has 1 fully saturated rings. The number of β-amino-alcohol motifs (C(OH)–C–C–N with tert-alkyl or cyclic N) is 1. The molecule has 0 saturated carbocycles. The van der Waals surface area contributed by atoms with Crippen LogP contribution < -0.4 is 11.1 Å². The van der Waals surface area contributed by atoms with Crippen molar-refractivity contribution >= 4 is 5.91 Å². The normalized spacial score (nSPS) is 38.5. The number of carbonyl (C=O) groups excluding carboxylic acids is 1. The first-order valence-corrected chi connectivity index (χ1v) is 3.76. The molecule has 4 nitrogen and oxygen atoms in total. The minimum absolute atomic E-state index is 0.254. The van der Waals surface area contributed by atoms with Gasteiger partial charge in [-0.05, 0) is 19.8 Å². The van der Waals surface area contributed by atoms with E-state index in [0.717, 1.165) is 0 Å². The molecule has 4 heteroatoms. The zero-order valence-electron chi connectivity index (χ0n) is 6.63. The van der Waals surface area contributed by atoms with Gasteiger partial charge in [0, 0.05) is 6.54 Å². The van der Waals surface area contributed by atoms with E-state index in [0.29, 0.717) is 19.4 Å². The molecule has 11 heavy (non-hydrogen) atoms. The lowest BCUT2D eigenvalue weighted by Gasteiger charge is -2.32. The van der Waals surface area contributed by atoms with E-state index in [9.17, 15) is 9.90 Å². The third-order valence-electron chi connectivity index (χ3n) is 2.04. The summed E-state index contributed by atoms with van der Waals surface area (Å²) < 4.78 is 0. The summed E-state index contributed by atoms with van der Waals surface area (Å²) in [5, 5.41) is 12.3. The lowest BCUT2D eigenvalue weighted by molar-refractivity contribution is -0.121. The van der Waals surface area contributed by atoms with Crippen LogP contribution in [0, 0.1) is 0 Å².